The van der Waals surface area contributed by atoms with Crippen LogP contribution < -0.4 is 5.32 Å². The van der Waals surface area contributed by atoms with E-state index in [1.165, 1.54) is 0 Å². The molecule has 4 nitrogen and oxygen atoms in total. The van der Waals surface area contributed by atoms with E-state index in [9.17, 15) is 9.90 Å². The molecule has 0 aliphatic carbocycles. The third kappa shape index (κ3) is 3.78. The molecule has 0 aromatic heterocycles. The molecule has 2 unspecified atom stereocenters. The fraction of sp³-hybridized carbons (Fsp3) is 0.533. The van der Waals surface area contributed by atoms with Crippen LogP contribution in [0.1, 0.15) is 18.9 Å². The van der Waals surface area contributed by atoms with Crippen molar-refractivity contribution in [2.45, 2.75) is 25.9 Å². The van der Waals surface area contributed by atoms with E-state index in [4.69, 9.17) is 0 Å². The van der Waals surface area contributed by atoms with Gasteiger partial charge in [0.1, 0.15) is 0 Å². The van der Waals surface area contributed by atoms with E-state index in [0.717, 1.165) is 18.5 Å². The highest BCUT2D eigenvalue weighted by molar-refractivity contribution is 5.78. The number of likely N-dealkylation sites (tertiary alicyclic amines) is 1. The van der Waals surface area contributed by atoms with Gasteiger partial charge in [0.25, 0.3) is 0 Å². The molecular weight excluding hydrogens is 240 g/mol. The van der Waals surface area contributed by atoms with Gasteiger partial charge in [-0.15, -0.1) is 0 Å². The Morgan fingerprint density at radius 2 is 2.16 bits per heavy atom. The van der Waals surface area contributed by atoms with Gasteiger partial charge in [-0.1, -0.05) is 37.3 Å². The fourth-order valence-corrected chi connectivity index (χ4v) is 2.62. The van der Waals surface area contributed by atoms with Crippen molar-refractivity contribution in [2.24, 2.45) is 5.92 Å². The van der Waals surface area contributed by atoms with Crippen molar-refractivity contribution in [1.29, 1.82) is 0 Å². The van der Waals surface area contributed by atoms with E-state index >= 15 is 0 Å². The molecule has 0 radical (unpaired) electrons. The first-order valence-corrected chi connectivity index (χ1v) is 6.86. The standard InChI is InChI=1S/C15H22N2O2/c1-12-7-8-17(14(12)11-18)10-15(19)16-9-13-5-3-2-4-6-13/h2-6,12,14,18H,7-11H2,1H3,(H,16,19). The summed E-state index contributed by atoms with van der Waals surface area (Å²) in [6, 6.07) is 10.0. The molecule has 1 aliphatic heterocycles. The van der Waals surface area contributed by atoms with Gasteiger partial charge in [-0.2, -0.15) is 0 Å². The van der Waals surface area contributed by atoms with Gasteiger partial charge in [0.2, 0.25) is 5.91 Å². The predicted molar refractivity (Wildman–Crippen MR) is 74.5 cm³/mol. The van der Waals surface area contributed by atoms with Gasteiger partial charge in [-0.25, -0.2) is 0 Å². The Bertz CT molecular complexity index is 408. The average molecular weight is 262 g/mol. The Hall–Kier alpha value is -1.39. The van der Waals surface area contributed by atoms with E-state index in [1.54, 1.807) is 0 Å². The van der Waals surface area contributed by atoms with Crippen LogP contribution in [0.2, 0.25) is 0 Å². The molecule has 1 saturated heterocycles. The largest absolute Gasteiger partial charge is 0.395 e. The first-order chi connectivity index (χ1) is 9.20. The summed E-state index contributed by atoms with van der Waals surface area (Å²) in [6.07, 6.45) is 1.05. The van der Waals surface area contributed by atoms with E-state index in [1.807, 2.05) is 30.3 Å². The van der Waals surface area contributed by atoms with Crippen molar-refractivity contribution < 1.29 is 9.90 Å². The molecule has 0 spiro atoms. The van der Waals surface area contributed by atoms with Gasteiger partial charge in [0.15, 0.2) is 0 Å². The van der Waals surface area contributed by atoms with E-state index in [2.05, 4.69) is 17.1 Å². The smallest absolute Gasteiger partial charge is 0.234 e. The highest BCUT2D eigenvalue weighted by Crippen LogP contribution is 2.22. The van der Waals surface area contributed by atoms with Crippen molar-refractivity contribution in [3.63, 3.8) is 0 Å². The summed E-state index contributed by atoms with van der Waals surface area (Å²) in [5.74, 6) is 0.489. The van der Waals surface area contributed by atoms with Crippen LogP contribution in [0.4, 0.5) is 0 Å². The number of hydrogen-bond donors (Lipinski definition) is 2. The Kier molecular flexibility index (Phi) is 4.93. The van der Waals surface area contributed by atoms with E-state index in [0.29, 0.717) is 19.0 Å². The van der Waals surface area contributed by atoms with E-state index < -0.39 is 0 Å². The first kappa shape index (κ1) is 14.0. The lowest BCUT2D eigenvalue weighted by Gasteiger charge is -2.24. The molecule has 1 aromatic carbocycles. The maximum Gasteiger partial charge on any atom is 0.234 e. The molecule has 1 aliphatic rings. The minimum atomic E-state index is 0.0244. The third-order valence-corrected chi connectivity index (χ3v) is 3.86. The van der Waals surface area contributed by atoms with Crippen LogP contribution in [0.5, 0.6) is 0 Å². The maximum atomic E-state index is 11.9. The summed E-state index contributed by atoms with van der Waals surface area (Å²) in [5.41, 5.74) is 1.10. The summed E-state index contributed by atoms with van der Waals surface area (Å²) in [7, 11) is 0. The molecule has 2 rings (SSSR count). The number of carbonyl (C=O) groups excluding carboxylic acids is 1. The Morgan fingerprint density at radius 3 is 2.84 bits per heavy atom. The third-order valence-electron chi connectivity index (χ3n) is 3.86. The number of aliphatic hydroxyl groups excluding tert-OH is 1. The number of amides is 1. The van der Waals surface area contributed by atoms with Crippen molar-refractivity contribution >= 4 is 5.91 Å². The number of hydrogen-bond acceptors (Lipinski definition) is 3. The van der Waals surface area contributed by atoms with Crippen LogP contribution in [0, 0.1) is 5.92 Å². The molecule has 2 N–H and O–H groups in total. The van der Waals surface area contributed by atoms with Gasteiger partial charge < -0.3 is 10.4 Å². The highest BCUT2D eigenvalue weighted by atomic mass is 16.3. The zero-order valence-corrected chi connectivity index (χ0v) is 11.4. The van der Waals surface area contributed by atoms with Crippen LogP contribution in [0.3, 0.4) is 0 Å². The molecule has 104 valence electrons. The SMILES string of the molecule is CC1CCN(CC(=O)NCc2ccccc2)C1CO. The lowest BCUT2D eigenvalue weighted by molar-refractivity contribution is -0.122. The Balaban J connectivity index is 1.78. The number of benzene rings is 1. The van der Waals surface area contributed by atoms with Crippen LogP contribution in [0.15, 0.2) is 30.3 Å². The average Bonchev–Trinajstić information content (AvgIpc) is 2.78. The highest BCUT2D eigenvalue weighted by Gasteiger charge is 2.31. The lowest BCUT2D eigenvalue weighted by atomic mass is 10.0. The van der Waals surface area contributed by atoms with Gasteiger partial charge in [-0.05, 0) is 24.4 Å². The molecule has 1 fully saturated rings. The second-order valence-electron chi connectivity index (χ2n) is 5.25. The second kappa shape index (κ2) is 6.68. The molecule has 1 amide bonds. The van der Waals surface area contributed by atoms with Crippen molar-refractivity contribution in [3.05, 3.63) is 35.9 Å². The second-order valence-corrected chi connectivity index (χ2v) is 5.25. The Labute approximate surface area is 114 Å². The molecule has 1 aromatic rings. The van der Waals surface area contributed by atoms with Gasteiger partial charge in [0.05, 0.1) is 13.2 Å². The molecule has 2 atom stereocenters. The lowest BCUT2D eigenvalue weighted by Crippen LogP contribution is -2.42. The topological polar surface area (TPSA) is 52.6 Å². The summed E-state index contributed by atoms with van der Waals surface area (Å²) < 4.78 is 0. The number of rotatable bonds is 5. The van der Waals surface area contributed by atoms with Crippen molar-refractivity contribution in [2.75, 3.05) is 19.7 Å². The number of carbonyl (C=O) groups is 1. The molecule has 4 heteroatoms. The van der Waals surface area contributed by atoms with Crippen LogP contribution in [-0.4, -0.2) is 41.7 Å². The van der Waals surface area contributed by atoms with Crippen LogP contribution in [0.25, 0.3) is 0 Å². The minimum absolute atomic E-state index is 0.0244. The maximum absolute atomic E-state index is 11.9. The van der Waals surface area contributed by atoms with Gasteiger partial charge >= 0.3 is 0 Å². The predicted octanol–water partition coefficient (Wildman–Crippen LogP) is 1.01. The summed E-state index contributed by atoms with van der Waals surface area (Å²) >= 11 is 0. The fourth-order valence-electron chi connectivity index (χ4n) is 2.62. The van der Waals surface area contributed by atoms with Gasteiger partial charge in [-0.3, -0.25) is 9.69 Å². The summed E-state index contributed by atoms with van der Waals surface area (Å²) in [6.45, 7) is 4.09. The quantitative estimate of drug-likeness (QED) is 0.832. The summed E-state index contributed by atoms with van der Waals surface area (Å²) in [4.78, 5) is 14.0. The monoisotopic (exact) mass is 262 g/mol. The molecule has 0 saturated carbocycles. The zero-order chi connectivity index (χ0) is 13.7. The normalized spacial score (nSPS) is 23.5. The minimum Gasteiger partial charge on any atom is -0.395 e. The van der Waals surface area contributed by atoms with Gasteiger partial charge in [0, 0.05) is 12.6 Å². The van der Waals surface area contributed by atoms with E-state index in [-0.39, 0.29) is 18.6 Å². The number of nitrogens with one attached hydrogen (secondary N) is 1. The van der Waals surface area contributed by atoms with Crippen LogP contribution in [-0.2, 0) is 11.3 Å². The van der Waals surface area contributed by atoms with Crippen LogP contribution >= 0.6 is 0 Å². The zero-order valence-electron chi connectivity index (χ0n) is 11.4. The Morgan fingerprint density at radius 1 is 1.42 bits per heavy atom. The molecule has 19 heavy (non-hydrogen) atoms. The number of nitrogens with zero attached hydrogens (tertiary/aromatic N) is 1. The molecular formula is C15H22N2O2. The summed E-state index contributed by atoms with van der Waals surface area (Å²) in [5, 5.41) is 12.3. The molecule has 1 heterocycles. The van der Waals surface area contributed by atoms with Crippen molar-refractivity contribution in [1.82, 2.24) is 10.2 Å². The molecule has 0 bridgehead atoms. The first-order valence-electron chi connectivity index (χ1n) is 6.86. The number of aliphatic hydroxyl groups is 1. The van der Waals surface area contributed by atoms with Crippen molar-refractivity contribution in [3.8, 4) is 0 Å².